The number of nitrogens with one attached hydrogen (secondary N) is 2. The SMILES string of the molecule is COc1ccc2ncc(F)c(CCN3CCC(NCc4ccc5c(n4)NC(=O)CS5)C(C)(O)C3)c2n1. The maximum atomic E-state index is 14.7. The number of ether oxygens (including phenoxy) is 1. The molecule has 0 aliphatic carbocycles. The molecule has 0 saturated carbocycles. The summed E-state index contributed by atoms with van der Waals surface area (Å²) in [5.41, 5.74) is 1.46. The van der Waals surface area contributed by atoms with Crippen molar-refractivity contribution in [1.29, 1.82) is 0 Å². The average Bonchev–Trinajstić information content (AvgIpc) is 2.86. The molecule has 2 aliphatic heterocycles. The van der Waals surface area contributed by atoms with Crippen LogP contribution in [0.4, 0.5) is 10.2 Å². The number of amides is 1. The monoisotopic (exact) mass is 512 g/mol. The van der Waals surface area contributed by atoms with Crippen molar-refractivity contribution in [3.8, 4) is 5.88 Å². The minimum Gasteiger partial charge on any atom is -0.481 e. The number of aliphatic hydroxyl groups is 1. The van der Waals surface area contributed by atoms with Crippen LogP contribution in [0.25, 0.3) is 11.0 Å². The molecular weight excluding hydrogens is 483 g/mol. The van der Waals surface area contributed by atoms with Crippen LogP contribution in [0.1, 0.15) is 24.6 Å². The summed E-state index contributed by atoms with van der Waals surface area (Å²) >= 11 is 1.48. The minimum atomic E-state index is -0.975. The first kappa shape index (κ1) is 24.8. The van der Waals surface area contributed by atoms with Crippen LogP contribution >= 0.6 is 11.8 Å². The Labute approximate surface area is 212 Å². The third-order valence-corrected chi connectivity index (χ3v) is 7.76. The summed E-state index contributed by atoms with van der Waals surface area (Å²) in [6.45, 7) is 4.11. The fourth-order valence-electron chi connectivity index (χ4n) is 4.81. The number of pyridine rings is 3. The van der Waals surface area contributed by atoms with Crippen molar-refractivity contribution >= 4 is 34.5 Å². The number of rotatable bonds is 7. The van der Waals surface area contributed by atoms with Crippen molar-refractivity contribution in [2.45, 2.75) is 42.8 Å². The number of β-amino-alcohol motifs (C(OH)–C–C–N with tert-alkyl or cyclic N) is 1. The van der Waals surface area contributed by atoms with E-state index in [-0.39, 0.29) is 11.9 Å². The van der Waals surface area contributed by atoms with Crippen molar-refractivity contribution in [2.75, 3.05) is 37.8 Å². The molecule has 0 radical (unpaired) electrons. The number of methoxy groups -OCH3 is 1. The normalized spacial score (nSPS) is 22.3. The highest BCUT2D eigenvalue weighted by Gasteiger charge is 2.37. The zero-order chi connectivity index (χ0) is 25.3. The lowest BCUT2D eigenvalue weighted by Gasteiger charge is -2.43. The van der Waals surface area contributed by atoms with E-state index in [1.54, 1.807) is 12.1 Å². The molecule has 190 valence electrons. The topological polar surface area (TPSA) is 112 Å². The predicted molar refractivity (Wildman–Crippen MR) is 136 cm³/mol. The summed E-state index contributed by atoms with van der Waals surface area (Å²) in [4.78, 5) is 27.9. The zero-order valence-electron chi connectivity index (χ0n) is 20.3. The first-order chi connectivity index (χ1) is 17.3. The van der Waals surface area contributed by atoms with Gasteiger partial charge in [-0.25, -0.2) is 14.4 Å². The molecule has 36 heavy (non-hydrogen) atoms. The van der Waals surface area contributed by atoms with Crippen molar-refractivity contribution in [2.24, 2.45) is 0 Å². The van der Waals surface area contributed by atoms with E-state index in [1.807, 2.05) is 19.1 Å². The van der Waals surface area contributed by atoms with Gasteiger partial charge in [0.05, 0.1) is 46.3 Å². The Morgan fingerprint density at radius 1 is 1.33 bits per heavy atom. The molecule has 2 unspecified atom stereocenters. The molecule has 3 aromatic heterocycles. The molecule has 0 bridgehead atoms. The van der Waals surface area contributed by atoms with E-state index in [4.69, 9.17) is 4.74 Å². The summed E-state index contributed by atoms with van der Waals surface area (Å²) in [7, 11) is 1.53. The van der Waals surface area contributed by atoms with Crippen LogP contribution in [-0.4, -0.2) is 75.0 Å². The number of carbonyl (C=O) groups is 1. The van der Waals surface area contributed by atoms with Crippen LogP contribution in [0, 0.1) is 5.82 Å². The molecule has 3 aromatic rings. The first-order valence-corrected chi connectivity index (χ1v) is 12.9. The fourth-order valence-corrected chi connectivity index (χ4v) is 5.56. The van der Waals surface area contributed by atoms with Crippen molar-refractivity contribution in [3.63, 3.8) is 0 Å². The number of hydrogen-bond acceptors (Lipinski definition) is 9. The van der Waals surface area contributed by atoms with Gasteiger partial charge in [0.2, 0.25) is 11.8 Å². The van der Waals surface area contributed by atoms with Crippen molar-refractivity contribution < 1.29 is 19.0 Å². The van der Waals surface area contributed by atoms with Gasteiger partial charge in [0, 0.05) is 37.3 Å². The molecule has 2 atom stereocenters. The van der Waals surface area contributed by atoms with Gasteiger partial charge >= 0.3 is 0 Å². The number of fused-ring (bicyclic) bond motifs is 2. The fraction of sp³-hybridized carbons (Fsp3) is 0.440. The molecular formula is C25H29FN6O3S. The van der Waals surface area contributed by atoms with Crippen LogP contribution in [-0.2, 0) is 17.8 Å². The second-order valence-corrected chi connectivity index (χ2v) is 10.4. The van der Waals surface area contributed by atoms with E-state index >= 15 is 0 Å². The van der Waals surface area contributed by atoms with Gasteiger partial charge in [0.15, 0.2) is 0 Å². The maximum absolute atomic E-state index is 14.7. The zero-order valence-corrected chi connectivity index (χ0v) is 21.1. The Bertz CT molecular complexity index is 1290. The summed E-state index contributed by atoms with van der Waals surface area (Å²) in [5, 5.41) is 17.5. The first-order valence-electron chi connectivity index (χ1n) is 11.9. The highest BCUT2D eigenvalue weighted by atomic mass is 32.2. The Kier molecular flexibility index (Phi) is 7.07. The number of halogens is 1. The van der Waals surface area contributed by atoms with Crippen molar-refractivity contribution in [3.05, 3.63) is 47.5 Å². The molecule has 0 aromatic carbocycles. The molecule has 11 heteroatoms. The van der Waals surface area contributed by atoms with Crippen molar-refractivity contribution in [1.82, 2.24) is 25.2 Å². The predicted octanol–water partition coefficient (Wildman–Crippen LogP) is 2.37. The number of nitrogens with zero attached hydrogens (tertiary/aromatic N) is 4. The van der Waals surface area contributed by atoms with Crippen LogP contribution in [0.3, 0.4) is 0 Å². The molecule has 2 aliphatic rings. The van der Waals surface area contributed by atoms with Gasteiger partial charge in [-0.15, -0.1) is 11.8 Å². The summed E-state index contributed by atoms with van der Waals surface area (Å²) in [6, 6.07) is 7.27. The molecule has 1 amide bonds. The molecule has 3 N–H and O–H groups in total. The lowest BCUT2D eigenvalue weighted by Crippen LogP contribution is -2.60. The number of carbonyl (C=O) groups excluding carboxylic acids is 1. The number of piperidine rings is 1. The third kappa shape index (κ3) is 5.29. The number of hydrogen-bond donors (Lipinski definition) is 3. The lowest BCUT2D eigenvalue weighted by atomic mass is 9.88. The molecule has 0 spiro atoms. The quantitative estimate of drug-likeness (QED) is 0.439. The smallest absolute Gasteiger partial charge is 0.235 e. The minimum absolute atomic E-state index is 0.0463. The van der Waals surface area contributed by atoms with Gasteiger partial charge in [-0.1, -0.05) is 0 Å². The summed E-state index contributed by atoms with van der Waals surface area (Å²) in [6.07, 6.45) is 2.41. The van der Waals surface area contributed by atoms with E-state index in [0.717, 1.165) is 23.6 Å². The van der Waals surface area contributed by atoms with E-state index < -0.39 is 11.4 Å². The number of thioether (sulfide) groups is 1. The summed E-state index contributed by atoms with van der Waals surface area (Å²) < 4.78 is 19.9. The van der Waals surface area contributed by atoms with Gasteiger partial charge in [0.25, 0.3) is 0 Å². The number of aromatic nitrogens is 3. The second-order valence-electron chi connectivity index (χ2n) is 9.40. The van der Waals surface area contributed by atoms with Gasteiger partial charge in [-0.05, 0) is 44.5 Å². The van der Waals surface area contributed by atoms with Gasteiger partial charge in [-0.2, -0.15) is 0 Å². The lowest BCUT2D eigenvalue weighted by molar-refractivity contribution is -0.113. The van der Waals surface area contributed by atoms with Crippen LogP contribution in [0.15, 0.2) is 35.4 Å². The maximum Gasteiger partial charge on any atom is 0.235 e. The molecule has 1 saturated heterocycles. The van der Waals surface area contributed by atoms with Crippen LogP contribution in [0.5, 0.6) is 5.88 Å². The van der Waals surface area contributed by atoms with Gasteiger partial charge in [-0.3, -0.25) is 9.78 Å². The Morgan fingerprint density at radius 3 is 3.00 bits per heavy atom. The molecule has 5 heterocycles. The highest BCUT2D eigenvalue weighted by molar-refractivity contribution is 8.00. The van der Waals surface area contributed by atoms with E-state index in [1.165, 1.54) is 25.1 Å². The Morgan fingerprint density at radius 2 is 2.19 bits per heavy atom. The third-order valence-electron chi connectivity index (χ3n) is 6.72. The molecule has 5 rings (SSSR count). The molecule has 1 fully saturated rings. The average molecular weight is 513 g/mol. The van der Waals surface area contributed by atoms with Gasteiger partial charge in [0.1, 0.15) is 11.6 Å². The van der Waals surface area contributed by atoms with Crippen LogP contribution in [0.2, 0.25) is 0 Å². The Balaban J connectivity index is 1.20. The Hall–Kier alpha value is -2.86. The van der Waals surface area contributed by atoms with E-state index in [0.29, 0.717) is 60.1 Å². The largest absolute Gasteiger partial charge is 0.481 e. The molecule has 9 nitrogen and oxygen atoms in total. The van der Waals surface area contributed by atoms with E-state index in [2.05, 4.69) is 30.5 Å². The highest BCUT2D eigenvalue weighted by Crippen LogP contribution is 2.30. The van der Waals surface area contributed by atoms with E-state index in [9.17, 15) is 14.3 Å². The second kappa shape index (κ2) is 10.3. The number of anilines is 1. The van der Waals surface area contributed by atoms with Gasteiger partial charge < -0.3 is 25.4 Å². The number of likely N-dealkylation sites (tertiary alicyclic amines) is 1. The standard InChI is InChI=1S/C25H29FN6O3S/c1-25(34)14-32(9-7-16-17(26)12-27-18-4-6-22(35-2)31-23(16)18)10-8-20(25)28-11-15-3-5-19-24(29-15)30-21(33)13-36-19/h3-6,12,20,28,34H,7-11,13-14H2,1-2H3,(H,29,30,33). The summed E-state index contributed by atoms with van der Waals surface area (Å²) in [5.74, 6) is 0.983. The van der Waals surface area contributed by atoms with Crippen LogP contribution < -0.4 is 15.4 Å².